The second-order valence-corrected chi connectivity index (χ2v) is 1.97. The van der Waals surface area contributed by atoms with Gasteiger partial charge in [-0.05, 0) is 6.42 Å². The number of urea groups is 1. The van der Waals surface area contributed by atoms with Gasteiger partial charge < -0.3 is 14.6 Å². The normalized spacial score (nSPS) is 10.9. The van der Waals surface area contributed by atoms with Gasteiger partial charge in [0.15, 0.2) is 0 Å². The van der Waals surface area contributed by atoms with Gasteiger partial charge in [0.2, 0.25) is 6.40 Å². The predicted molar refractivity (Wildman–Crippen MR) is 46.8 cm³/mol. The predicted octanol–water partition coefficient (Wildman–Crippen LogP) is -0.527. The molecule has 0 aliphatic rings. The Morgan fingerprint density at radius 1 is 1.92 bits per heavy atom. The molecule has 12 heavy (non-hydrogen) atoms. The van der Waals surface area contributed by atoms with Crippen LogP contribution in [0.4, 0.5) is 4.79 Å². The molecule has 0 aliphatic heterocycles. The van der Waals surface area contributed by atoms with Gasteiger partial charge in [-0.25, -0.2) is 10.2 Å². The second-order valence-electron chi connectivity index (χ2n) is 1.78. The van der Waals surface area contributed by atoms with Crippen LogP contribution in [-0.4, -0.2) is 31.8 Å². The molecule has 0 heterocycles. The molecule has 0 fully saturated rings. The number of amides is 2. The van der Waals surface area contributed by atoms with Crippen molar-refractivity contribution in [1.29, 1.82) is 1.12 Å². The molecule has 0 aromatic rings. The Labute approximate surface area is 76.7 Å². The number of aliphatic hydroxyl groups excluding tert-OH is 1. The van der Waals surface area contributed by atoms with Crippen LogP contribution in [0.5, 0.6) is 0 Å². The van der Waals surface area contributed by atoms with E-state index < -0.39 is 6.03 Å². The molecular weight excluding hydrogens is 182 g/mol. The Hall–Kier alpha value is -0.950. The van der Waals surface area contributed by atoms with E-state index >= 15 is 0 Å². The first kappa shape index (κ1) is 9.14. The molecule has 2 amide bonds. The number of carbonyl (C=O) groups is 1. The van der Waals surface area contributed by atoms with Gasteiger partial charge in [-0.15, -0.1) is 5.10 Å². The summed E-state index contributed by atoms with van der Waals surface area (Å²) in [6.07, 6.45) is 1.43. The van der Waals surface area contributed by atoms with Gasteiger partial charge in [-0.2, -0.15) is 0 Å². The number of hydrogen-bond acceptors (Lipinski definition) is 5. The highest BCUT2D eigenvalue weighted by Gasteiger charge is 1.94. The van der Waals surface area contributed by atoms with E-state index in [0.717, 1.165) is 6.40 Å². The maximum absolute atomic E-state index is 10.8. The molecule has 0 aromatic carbocycles. The molecule has 0 unspecified atom stereocenters. The first-order chi connectivity index (χ1) is 6.31. The fourth-order valence-corrected chi connectivity index (χ4v) is 0.470. The van der Waals surface area contributed by atoms with Crippen molar-refractivity contribution in [3.8, 4) is 0 Å². The van der Waals surface area contributed by atoms with E-state index in [1.165, 1.54) is 0 Å². The average molecular weight is 195 g/mol. The van der Waals surface area contributed by atoms with Crippen molar-refractivity contribution in [3.05, 3.63) is 0 Å². The highest BCUT2D eigenvalue weighted by molar-refractivity contribution is 7.75. The lowest BCUT2D eigenvalue weighted by Crippen LogP contribution is -2.33. The topological polar surface area (TPSA) is 83.0 Å². The molecule has 6 nitrogen and oxygen atoms in total. The zero-order valence-corrected chi connectivity index (χ0v) is 7.13. The van der Waals surface area contributed by atoms with Crippen LogP contribution in [-0.2, 0) is 4.18 Å². The van der Waals surface area contributed by atoms with Crippen LogP contribution in [0.15, 0.2) is 5.10 Å². The van der Waals surface area contributed by atoms with Crippen molar-refractivity contribution in [2.24, 2.45) is 5.10 Å². The minimum absolute atomic E-state index is 0.0299. The zero-order chi connectivity index (χ0) is 9.94. The Morgan fingerprint density at radius 3 is 3.42 bits per heavy atom. The fourth-order valence-electron chi connectivity index (χ4n) is 0.427. The molecule has 0 rings (SSSR count). The maximum Gasteiger partial charge on any atom is 0.335 e. The number of aliphatic hydroxyl groups is 1. The number of nitrogens with one attached hydrogen (secondary N) is 2. The lowest BCUT2D eigenvalue weighted by Gasteiger charge is -2.00. The van der Waals surface area contributed by atoms with E-state index in [-0.39, 0.29) is 6.61 Å². The Kier molecular flexibility index (Phi) is 6.21. The lowest BCUT2D eigenvalue weighted by molar-refractivity contribution is 0.238. The van der Waals surface area contributed by atoms with Crippen LogP contribution < -0.4 is 10.7 Å². The largest absolute Gasteiger partial charge is 0.415 e. The van der Waals surface area contributed by atoms with Crippen LogP contribution in [0.25, 0.3) is 0 Å². The summed E-state index contributed by atoms with van der Waals surface area (Å²) in [5.41, 5.74) is 2.09. The standard InChI is InChI=1S/C5H11N3O3S/c9-3-1-2-6-5(10)8-7-4-11-12/h4,9,12H,1-3H2,(H2,6,8,10)/i/hT. The molecule has 0 bridgehead atoms. The van der Waals surface area contributed by atoms with Crippen LogP contribution in [0.2, 0.25) is 0 Å². The summed E-state index contributed by atoms with van der Waals surface area (Å²) in [7, 11) is 0. The third kappa shape index (κ3) is 7.16. The molecule has 70 valence electrons. The van der Waals surface area contributed by atoms with Crippen molar-refractivity contribution >= 4 is 25.2 Å². The van der Waals surface area contributed by atoms with Gasteiger partial charge in [-0.1, -0.05) is 0 Å². The number of carbonyl (C=O) groups excluding carboxylic acids is 1. The molecule has 0 saturated heterocycles. The van der Waals surface area contributed by atoms with Crippen molar-refractivity contribution in [3.63, 3.8) is 0 Å². The molecule has 0 radical (unpaired) electrons. The van der Waals surface area contributed by atoms with Crippen LogP contribution in [0.3, 0.4) is 0 Å². The van der Waals surface area contributed by atoms with E-state index in [1.54, 1.807) is 0 Å². The van der Waals surface area contributed by atoms with Gasteiger partial charge in [0.05, 0.1) is 0 Å². The van der Waals surface area contributed by atoms with E-state index in [2.05, 4.69) is 20.0 Å². The second kappa shape index (κ2) is 8.15. The summed E-state index contributed by atoms with van der Waals surface area (Å²) >= 11 is 0.371. The highest BCUT2D eigenvalue weighted by Crippen LogP contribution is 1.73. The summed E-state index contributed by atoms with van der Waals surface area (Å²) in [5, 5.41) is 14.1. The van der Waals surface area contributed by atoms with Gasteiger partial charge >= 0.3 is 6.03 Å². The van der Waals surface area contributed by atoms with E-state index in [9.17, 15) is 4.79 Å². The number of thiol groups is 1. The minimum Gasteiger partial charge on any atom is -0.415 e. The van der Waals surface area contributed by atoms with Crippen molar-refractivity contribution in [1.82, 2.24) is 10.7 Å². The average Bonchev–Trinajstić information content (AvgIpc) is 2.13. The van der Waals surface area contributed by atoms with Crippen molar-refractivity contribution < 1.29 is 14.1 Å². The Balaban J connectivity index is 3.29. The molecule has 7 heteroatoms. The lowest BCUT2D eigenvalue weighted by atomic mass is 10.4. The van der Waals surface area contributed by atoms with E-state index in [0.29, 0.717) is 25.8 Å². The highest BCUT2D eigenvalue weighted by atomic mass is 32.1. The first-order valence-electron chi connectivity index (χ1n) is 3.67. The van der Waals surface area contributed by atoms with Gasteiger partial charge in [0.25, 0.3) is 0 Å². The number of nitrogens with zero attached hydrogens (tertiary/aromatic N) is 1. The van der Waals surface area contributed by atoms with Crippen molar-refractivity contribution in [2.75, 3.05) is 13.2 Å². The molecule has 0 aliphatic carbocycles. The molecule has 0 atom stereocenters. The molecule has 0 saturated carbocycles. The minimum atomic E-state index is -0.483. The monoisotopic (exact) mass is 195 g/mol. The number of hydrazone groups is 1. The van der Waals surface area contributed by atoms with E-state index in [1.807, 2.05) is 0 Å². The summed E-state index contributed by atoms with van der Waals surface area (Å²) in [6.45, 7) is 0.411. The summed E-state index contributed by atoms with van der Waals surface area (Å²) in [6, 6.07) is -0.483. The smallest absolute Gasteiger partial charge is 0.335 e. The number of hydrogen-bond donors (Lipinski definition) is 4. The van der Waals surface area contributed by atoms with Gasteiger partial charge in [0.1, 0.15) is 1.12 Å². The molecule has 0 spiro atoms. The van der Waals surface area contributed by atoms with E-state index in [4.69, 9.17) is 6.23 Å². The third-order valence-electron chi connectivity index (χ3n) is 0.882. The summed E-state index contributed by atoms with van der Waals surface area (Å²) in [4.78, 5) is 10.8. The van der Waals surface area contributed by atoms with Gasteiger partial charge in [0, 0.05) is 26.0 Å². The third-order valence-corrected chi connectivity index (χ3v) is 0.968. The summed E-state index contributed by atoms with van der Waals surface area (Å²) < 4.78 is 10.8. The van der Waals surface area contributed by atoms with Crippen molar-refractivity contribution in [2.45, 2.75) is 6.42 Å². The molecular formula is C5H11N3O3S. The van der Waals surface area contributed by atoms with Gasteiger partial charge in [-0.3, -0.25) is 0 Å². The first-order valence-corrected chi connectivity index (χ1v) is 3.59. The molecule has 0 aromatic heterocycles. The van der Waals surface area contributed by atoms with Crippen LogP contribution in [0, 0.1) is 0 Å². The fraction of sp³-hybridized carbons (Fsp3) is 0.600. The number of rotatable bonds is 6. The Bertz CT molecular complexity index is 169. The SMILES string of the molecule is [3H]SOC=NNC(=O)NCCCO. The zero-order valence-electron chi connectivity index (χ0n) is 7.32. The summed E-state index contributed by atoms with van der Waals surface area (Å²) in [5.74, 6) is 0. The maximum atomic E-state index is 10.8. The quantitative estimate of drug-likeness (QED) is 0.115. The Morgan fingerprint density at radius 2 is 2.75 bits per heavy atom. The molecule has 3 N–H and O–H groups in total. The van der Waals surface area contributed by atoms with Crippen LogP contribution >= 0.6 is 12.8 Å². The van der Waals surface area contributed by atoms with Crippen LogP contribution in [0.1, 0.15) is 6.42 Å².